The van der Waals surface area contributed by atoms with Crippen molar-refractivity contribution in [3.05, 3.63) is 69.4 Å². The fourth-order valence-corrected chi connectivity index (χ4v) is 2.55. The van der Waals surface area contributed by atoms with Gasteiger partial charge in [-0.05, 0) is 36.6 Å². The molecule has 0 aliphatic heterocycles. The molecule has 0 spiro atoms. The summed E-state index contributed by atoms with van der Waals surface area (Å²) in [5, 5.41) is 0.874. The maximum atomic E-state index is 13.9. The van der Waals surface area contributed by atoms with E-state index in [2.05, 4.69) is 4.98 Å². The lowest BCUT2D eigenvalue weighted by Gasteiger charge is -2.12. The lowest BCUT2D eigenvalue weighted by atomic mass is 10.1. The third kappa shape index (κ3) is 2.19. The van der Waals surface area contributed by atoms with Gasteiger partial charge in [0.1, 0.15) is 16.8 Å². The van der Waals surface area contributed by atoms with Crippen molar-refractivity contribution >= 4 is 22.4 Å². The molecule has 0 saturated carbocycles. The summed E-state index contributed by atoms with van der Waals surface area (Å²) in [6, 6.07) is 6.40. The largest absolute Gasteiger partial charge is 0.278 e. The number of benzene rings is 1. The molecular formula is C15H9ClF2N2O. The Morgan fingerprint density at radius 3 is 2.67 bits per heavy atom. The predicted octanol–water partition coefficient (Wildman–Crippen LogP) is 3.63. The van der Waals surface area contributed by atoms with Crippen molar-refractivity contribution in [1.82, 2.24) is 9.55 Å². The van der Waals surface area contributed by atoms with Gasteiger partial charge in [0.25, 0.3) is 5.56 Å². The van der Waals surface area contributed by atoms with Gasteiger partial charge in [0.15, 0.2) is 0 Å². The summed E-state index contributed by atoms with van der Waals surface area (Å²) in [5.74, 6) is -1.53. The molecule has 0 aliphatic carbocycles. The molecule has 0 bridgehead atoms. The Bertz CT molecular complexity index is 921. The Hall–Kier alpha value is -2.27. The summed E-state index contributed by atoms with van der Waals surface area (Å²) < 4.78 is 28.1. The molecular weight excluding hydrogens is 298 g/mol. The van der Waals surface area contributed by atoms with E-state index < -0.39 is 17.2 Å². The molecule has 2 heterocycles. The first-order chi connectivity index (χ1) is 9.99. The number of pyridine rings is 2. The number of aryl methyl sites for hydroxylation is 1. The molecule has 3 nitrogen and oxygen atoms in total. The number of aromatic nitrogens is 2. The lowest BCUT2D eigenvalue weighted by molar-refractivity contribution is 0.576. The van der Waals surface area contributed by atoms with E-state index in [1.807, 2.05) is 0 Å². The van der Waals surface area contributed by atoms with Crippen LogP contribution in [0.1, 0.15) is 5.69 Å². The molecule has 1 aromatic carbocycles. The van der Waals surface area contributed by atoms with E-state index in [9.17, 15) is 13.6 Å². The Balaban J connectivity index is 2.43. The second kappa shape index (κ2) is 4.93. The Kier molecular flexibility index (Phi) is 3.22. The van der Waals surface area contributed by atoms with Gasteiger partial charge < -0.3 is 0 Å². The third-order valence-electron chi connectivity index (χ3n) is 3.22. The van der Waals surface area contributed by atoms with Gasteiger partial charge in [-0.3, -0.25) is 9.36 Å². The van der Waals surface area contributed by atoms with Crippen LogP contribution in [-0.2, 0) is 0 Å². The van der Waals surface area contributed by atoms with E-state index in [4.69, 9.17) is 11.6 Å². The maximum absolute atomic E-state index is 13.9. The highest BCUT2D eigenvalue weighted by Crippen LogP contribution is 2.21. The van der Waals surface area contributed by atoms with Gasteiger partial charge in [0.2, 0.25) is 0 Å². The highest BCUT2D eigenvalue weighted by atomic mass is 35.5. The fraction of sp³-hybridized carbons (Fsp3) is 0.0667. The van der Waals surface area contributed by atoms with Crippen LogP contribution in [0.4, 0.5) is 8.78 Å². The van der Waals surface area contributed by atoms with Crippen LogP contribution in [0.25, 0.3) is 16.5 Å². The van der Waals surface area contributed by atoms with E-state index in [0.29, 0.717) is 11.1 Å². The number of halogens is 3. The molecule has 0 amide bonds. The van der Waals surface area contributed by atoms with Gasteiger partial charge in [-0.1, -0.05) is 11.6 Å². The topological polar surface area (TPSA) is 34.9 Å². The minimum absolute atomic E-state index is 0.0271. The van der Waals surface area contributed by atoms with Gasteiger partial charge in [-0.25, -0.2) is 13.8 Å². The van der Waals surface area contributed by atoms with Crippen molar-refractivity contribution < 1.29 is 8.78 Å². The zero-order valence-corrected chi connectivity index (χ0v) is 11.7. The lowest BCUT2D eigenvalue weighted by Crippen LogP contribution is -2.22. The summed E-state index contributed by atoms with van der Waals surface area (Å²) in [6.45, 7) is 1.66. The van der Waals surface area contributed by atoms with Crippen LogP contribution in [0.5, 0.6) is 0 Å². The Morgan fingerprint density at radius 1 is 1.19 bits per heavy atom. The maximum Gasteiger partial charge on any atom is 0.266 e. The van der Waals surface area contributed by atoms with Gasteiger partial charge in [0, 0.05) is 18.0 Å². The number of fused-ring (bicyclic) bond motifs is 1. The second-order valence-corrected chi connectivity index (χ2v) is 4.95. The van der Waals surface area contributed by atoms with Crippen molar-refractivity contribution in [1.29, 1.82) is 0 Å². The predicted molar refractivity (Wildman–Crippen MR) is 77.0 cm³/mol. The highest BCUT2D eigenvalue weighted by Gasteiger charge is 2.14. The van der Waals surface area contributed by atoms with Gasteiger partial charge >= 0.3 is 0 Å². The van der Waals surface area contributed by atoms with Crippen LogP contribution >= 0.6 is 11.6 Å². The molecule has 0 fully saturated rings. The summed E-state index contributed by atoms with van der Waals surface area (Å²) >= 11 is 5.96. The molecule has 2 aromatic heterocycles. The average Bonchev–Trinajstić information content (AvgIpc) is 2.40. The monoisotopic (exact) mass is 306 g/mol. The molecule has 0 N–H and O–H groups in total. The summed E-state index contributed by atoms with van der Waals surface area (Å²) in [4.78, 5) is 16.5. The standard InChI is InChI=1S/C15H9ClF2N2O/c1-8-6-9-4-5-19-14(16)13(9)15(21)20(8)12-3-2-10(17)7-11(12)18/h2-7H,1H3. The van der Waals surface area contributed by atoms with Crippen LogP contribution in [-0.4, -0.2) is 9.55 Å². The van der Waals surface area contributed by atoms with Crippen molar-refractivity contribution in [3.63, 3.8) is 0 Å². The van der Waals surface area contributed by atoms with Gasteiger partial charge in [-0.15, -0.1) is 0 Å². The number of hydrogen-bond acceptors (Lipinski definition) is 2. The molecule has 0 saturated heterocycles. The number of rotatable bonds is 1. The van der Waals surface area contributed by atoms with Gasteiger partial charge in [-0.2, -0.15) is 0 Å². The smallest absolute Gasteiger partial charge is 0.266 e. The normalized spacial score (nSPS) is 11.0. The minimum atomic E-state index is -0.820. The Morgan fingerprint density at radius 2 is 1.95 bits per heavy atom. The molecule has 3 rings (SSSR count). The molecule has 6 heteroatoms. The molecule has 0 unspecified atom stereocenters. The van der Waals surface area contributed by atoms with Gasteiger partial charge in [0.05, 0.1) is 11.1 Å². The summed E-state index contributed by atoms with van der Waals surface area (Å²) in [7, 11) is 0. The van der Waals surface area contributed by atoms with E-state index in [1.165, 1.54) is 12.3 Å². The molecule has 21 heavy (non-hydrogen) atoms. The van der Waals surface area contributed by atoms with Crippen LogP contribution in [0.3, 0.4) is 0 Å². The first-order valence-corrected chi connectivity index (χ1v) is 6.49. The first kappa shape index (κ1) is 13.7. The summed E-state index contributed by atoms with van der Waals surface area (Å²) in [6.07, 6.45) is 1.49. The molecule has 3 aromatic rings. The number of nitrogens with zero attached hydrogens (tertiary/aromatic N) is 2. The van der Waals surface area contributed by atoms with E-state index >= 15 is 0 Å². The minimum Gasteiger partial charge on any atom is -0.278 e. The first-order valence-electron chi connectivity index (χ1n) is 6.11. The van der Waals surface area contributed by atoms with Crippen molar-refractivity contribution in [2.45, 2.75) is 6.92 Å². The van der Waals surface area contributed by atoms with Crippen LogP contribution in [0, 0.1) is 18.6 Å². The zero-order valence-electron chi connectivity index (χ0n) is 10.9. The van der Waals surface area contributed by atoms with Crippen molar-refractivity contribution in [3.8, 4) is 5.69 Å². The second-order valence-electron chi connectivity index (χ2n) is 4.59. The molecule has 0 radical (unpaired) electrons. The van der Waals surface area contributed by atoms with Crippen LogP contribution < -0.4 is 5.56 Å². The molecule has 106 valence electrons. The quantitative estimate of drug-likeness (QED) is 0.644. The molecule has 0 aliphatic rings. The number of hydrogen-bond donors (Lipinski definition) is 0. The van der Waals surface area contributed by atoms with E-state index in [-0.39, 0.29) is 16.2 Å². The molecule has 0 atom stereocenters. The van der Waals surface area contributed by atoms with Crippen molar-refractivity contribution in [2.24, 2.45) is 0 Å². The summed E-state index contributed by atoms with van der Waals surface area (Å²) in [5.41, 5.74) is -0.00500. The SMILES string of the molecule is Cc1cc2ccnc(Cl)c2c(=O)n1-c1ccc(F)cc1F. The third-order valence-corrected chi connectivity index (χ3v) is 3.51. The highest BCUT2D eigenvalue weighted by molar-refractivity contribution is 6.34. The Labute approximate surface area is 123 Å². The zero-order chi connectivity index (χ0) is 15.1. The fourth-order valence-electron chi connectivity index (χ4n) is 2.31. The van der Waals surface area contributed by atoms with Crippen LogP contribution in [0.2, 0.25) is 5.15 Å². The van der Waals surface area contributed by atoms with E-state index in [1.54, 1.807) is 19.1 Å². The van der Waals surface area contributed by atoms with Crippen molar-refractivity contribution in [2.75, 3.05) is 0 Å². The van der Waals surface area contributed by atoms with E-state index in [0.717, 1.165) is 16.7 Å². The average molecular weight is 307 g/mol. The van der Waals surface area contributed by atoms with Crippen LogP contribution in [0.15, 0.2) is 41.3 Å².